The highest BCUT2D eigenvalue weighted by molar-refractivity contribution is 7.98. The van der Waals surface area contributed by atoms with E-state index in [-0.39, 0.29) is 11.1 Å². The van der Waals surface area contributed by atoms with Crippen LogP contribution in [0.4, 0.5) is 0 Å². The number of carbonyl (C=O) groups is 1. The van der Waals surface area contributed by atoms with Gasteiger partial charge in [0.15, 0.2) is 0 Å². The molecular weight excluding hydrogens is 310 g/mol. The number of fused-ring (bicyclic) bond motifs is 1. The van der Waals surface area contributed by atoms with E-state index in [1.54, 1.807) is 6.07 Å². The number of thioether (sulfide) groups is 1. The van der Waals surface area contributed by atoms with Crippen LogP contribution in [0.25, 0.3) is 10.2 Å². The third-order valence-corrected chi connectivity index (χ3v) is 4.54. The molecule has 106 valence electrons. The number of aromatic carboxylic acids is 1. The van der Waals surface area contributed by atoms with Crippen LogP contribution < -0.4 is 5.56 Å². The van der Waals surface area contributed by atoms with E-state index < -0.39 is 5.97 Å². The monoisotopic (exact) mass is 319 g/mol. The van der Waals surface area contributed by atoms with Gasteiger partial charge >= 0.3 is 5.97 Å². The molecule has 0 aliphatic rings. The Hall–Kier alpha value is -2.19. The second-order valence-electron chi connectivity index (χ2n) is 4.12. The van der Waals surface area contributed by atoms with Crippen LogP contribution in [0.15, 0.2) is 39.6 Å². The zero-order valence-corrected chi connectivity index (χ0v) is 12.2. The van der Waals surface area contributed by atoms with Gasteiger partial charge in [-0.15, -0.1) is 11.3 Å². The summed E-state index contributed by atoms with van der Waals surface area (Å²) in [5.74, 6) is -0.0409. The maximum absolute atomic E-state index is 11.8. The quantitative estimate of drug-likeness (QED) is 0.717. The van der Waals surface area contributed by atoms with Gasteiger partial charge in [0.2, 0.25) is 0 Å². The van der Waals surface area contributed by atoms with Crippen LogP contribution in [-0.2, 0) is 5.75 Å². The Labute approximate surface area is 126 Å². The van der Waals surface area contributed by atoms with E-state index in [4.69, 9.17) is 5.11 Å². The fraction of sp³-hybridized carbons (Fsp3) is 0.0769. The Morgan fingerprint density at radius 3 is 3.10 bits per heavy atom. The third kappa shape index (κ3) is 2.96. The highest BCUT2D eigenvalue weighted by atomic mass is 32.2. The van der Waals surface area contributed by atoms with E-state index in [0.29, 0.717) is 26.8 Å². The molecule has 0 fully saturated rings. The first kappa shape index (κ1) is 13.8. The highest BCUT2D eigenvalue weighted by Gasteiger charge is 2.08. The van der Waals surface area contributed by atoms with Gasteiger partial charge in [0.25, 0.3) is 5.56 Å². The topological polar surface area (TPSA) is 95.9 Å². The SMILES string of the molecule is O=C(O)c1ccnc(SCc2nc3ccsc3c(=O)[nH]2)c1. The molecule has 0 amide bonds. The van der Waals surface area contributed by atoms with E-state index >= 15 is 0 Å². The fourth-order valence-corrected chi connectivity index (χ4v) is 3.25. The van der Waals surface area contributed by atoms with Crippen molar-refractivity contribution in [2.24, 2.45) is 0 Å². The maximum atomic E-state index is 11.8. The minimum absolute atomic E-state index is 0.155. The van der Waals surface area contributed by atoms with Crippen molar-refractivity contribution in [2.45, 2.75) is 10.8 Å². The van der Waals surface area contributed by atoms with Crippen molar-refractivity contribution in [3.63, 3.8) is 0 Å². The lowest BCUT2D eigenvalue weighted by atomic mass is 10.3. The zero-order chi connectivity index (χ0) is 14.8. The van der Waals surface area contributed by atoms with Crippen LogP contribution in [0.2, 0.25) is 0 Å². The maximum Gasteiger partial charge on any atom is 0.335 e. The third-order valence-electron chi connectivity index (χ3n) is 2.70. The Balaban J connectivity index is 1.81. The predicted molar refractivity (Wildman–Crippen MR) is 81.0 cm³/mol. The molecule has 0 aliphatic heterocycles. The normalized spacial score (nSPS) is 10.9. The number of hydrogen-bond donors (Lipinski definition) is 2. The standard InChI is InChI=1S/C13H9N3O3S2/c17-12-11-8(2-4-20-11)15-9(16-12)6-21-10-5-7(13(18)19)1-3-14-10/h1-5H,6H2,(H,18,19)(H,15,16,17). The average molecular weight is 319 g/mol. The minimum atomic E-state index is -0.995. The smallest absolute Gasteiger partial charge is 0.335 e. The average Bonchev–Trinajstić information content (AvgIpc) is 2.94. The summed E-state index contributed by atoms with van der Waals surface area (Å²) in [6, 6.07) is 4.73. The van der Waals surface area contributed by atoms with Gasteiger partial charge in [0.05, 0.1) is 21.9 Å². The molecule has 21 heavy (non-hydrogen) atoms. The number of aromatic nitrogens is 3. The molecule has 3 rings (SSSR count). The van der Waals surface area contributed by atoms with Crippen molar-refractivity contribution in [1.29, 1.82) is 0 Å². The summed E-state index contributed by atoms with van der Waals surface area (Å²) >= 11 is 2.67. The van der Waals surface area contributed by atoms with Gasteiger partial charge in [-0.05, 0) is 23.6 Å². The van der Waals surface area contributed by atoms with Gasteiger partial charge in [-0.2, -0.15) is 0 Å². The van der Waals surface area contributed by atoms with E-state index in [0.717, 1.165) is 0 Å². The number of hydrogen-bond acceptors (Lipinski definition) is 6. The molecule has 0 saturated heterocycles. The number of rotatable bonds is 4. The molecule has 0 aliphatic carbocycles. The molecule has 2 N–H and O–H groups in total. The highest BCUT2D eigenvalue weighted by Crippen LogP contribution is 2.21. The lowest BCUT2D eigenvalue weighted by molar-refractivity contribution is 0.0696. The lowest BCUT2D eigenvalue weighted by Gasteiger charge is -2.02. The summed E-state index contributed by atoms with van der Waals surface area (Å²) in [6.07, 6.45) is 1.45. The Bertz CT molecular complexity index is 872. The molecule has 0 atom stereocenters. The molecule has 0 radical (unpaired) electrons. The van der Waals surface area contributed by atoms with E-state index in [9.17, 15) is 9.59 Å². The first-order valence-corrected chi connectivity index (χ1v) is 7.78. The van der Waals surface area contributed by atoms with Crippen molar-refractivity contribution in [1.82, 2.24) is 15.0 Å². The summed E-state index contributed by atoms with van der Waals surface area (Å²) in [5.41, 5.74) is 0.701. The van der Waals surface area contributed by atoms with Crippen molar-refractivity contribution in [2.75, 3.05) is 0 Å². The van der Waals surface area contributed by atoms with Crippen LogP contribution in [0, 0.1) is 0 Å². The van der Waals surface area contributed by atoms with Crippen LogP contribution in [-0.4, -0.2) is 26.0 Å². The summed E-state index contributed by atoms with van der Waals surface area (Å²) < 4.78 is 0.606. The molecule has 3 aromatic heterocycles. The molecule has 3 aromatic rings. The van der Waals surface area contributed by atoms with Crippen molar-refractivity contribution in [3.05, 3.63) is 51.5 Å². The Kier molecular flexibility index (Phi) is 3.72. The number of carboxylic acid groups (broad SMARTS) is 1. The Morgan fingerprint density at radius 1 is 1.43 bits per heavy atom. The van der Waals surface area contributed by atoms with Gasteiger partial charge in [-0.25, -0.2) is 14.8 Å². The first-order valence-electron chi connectivity index (χ1n) is 5.92. The van der Waals surface area contributed by atoms with Crippen LogP contribution in [0.1, 0.15) is 16.2 Å². The second-order valence-corrected chi connectivity index (χ2v) is 6.04. The van der Waals surface area contributed by atoms with Crippen molar-refractivity contribution in [3.8, 4) is 0 Å². The van der Waals surface area contributed by atoms with Crippen LogP contribution >= 0.6 is 23.1 Å². The van der Waals surface area contributed by atoms with Gasteiger partial charge in [-0.1, -0.05) is 11.8 Å². The van der Waals surface area contributed by atoms with Gasteiger partial charge in [0, 0.05) is 6.20 Å². The van der Waals surface area contributed by atoms with Crippen LogP contribution in [0.3, 0.4) is 0 Å². The number of thiophene rings is 1. The summed E-state index contributed by atoms with van der Waals surface area (Å²) in [6.45, 7) is 0. The number of aromatic amines is 1. The summed E-state index contributed by atoms with van der Waals surface area (Å²) in [7, 11) is 0. The van der Waals surface area contributed by atoms with Crippen molar-refractivity contribution < 1.29 is 9.90 Å². The zero-order valence-electron chi connectivity index (χ0n) is 10.6. The fourth-order valence-electron chi connectivity index (χ4n) is 1.75. The first-order chi connectivity index (χ1) is 10.1. The van der Waals surface area contributed by atoms with Crippen LogP contribution in [0.5, 0.6) is 0 Å². The Morgan fingerprint density at radius 2 is 2.29 bits per heavy atom. The molecule has 0 saturated carbocycles. The summed E-state index contributed by atoms with van der Waals surface area (Å²) in [4.78, 5) is 33.9. The molecule has 8 heteroatoms. The molecule has 0 aromatic carbocycles. The van der Waals surface area contributed by atoms with Gasteiger partial charge in [0.1, 0.15) is 10.5 Å². The molecular formula is C13H9N3O3S2. The van der Waals surface area contributed by atoms with Gasteiger partial charge < -0.3 is 10.1 Å². The lowest BCUT2D eigenvalue weighted by Crippen LogP contribution is -2.09. The molecule has 6 nitrogen and oxygen atoms in total. The molecule has 0 spiro atoms. The number of carboxylic acids is 1. The number of nitrogens with zero attached hydrogens (tertiary/aromatic N) is 2. The number of nitrogens with one attached hydrogen (secondary N) is 1. The summed E-state index contributed by atoms with van der Waals surface area (Å²) in [5, 5.41) is 11.3. The minimum Gasteiger partial charge on any atom is -0.478 e. The molecule has 3 heterocycles. The second kappa shape index (κ2) is 5.66. The van der Waals surface area contributed by atoms with E-state index in [2.05, 4.69) is 15.0 Å². The molecule has 0 bridgehead atoms. The van der Waals surface area contributed by atoms with E-state index in [1.165, 1.54) is 41.4 Å². The van der Waals surface area contributed by atoms with Crippen molar-refractivity contribution >= 4 is 39.3 Å². The number of pyridine rings is 1. The van der Waals surface area contributed by atoms with E-state index in [1.807, 2.05) is 5.38 Å². The van der Waals surface area contributed by atoms with Gasteiger partial charge in [-0.3, -0.25) is 4.79 Å². The molecule has 0 unspecified atom stereocenters. The largest absolute Gasteiger partial charge is 0.478 e. The number of H-pyrrole nitrogens is 1. The predicted octanol–water partition coefficient (Wildman–Crippen LogP) is 2.37.